The van der Waals surface area contributed by atoms with Crippen LogP contribution in [0.1, 0.15) is 30.0 Å². The fourth-order valence-corrected chi connectivity index (χ4v) is 4.92. The SMILES string of the molecule is Cc1ccc(S(=O)(=O)N2C(C=O)CCC2c2ccc(F)cc2)cc1. The number of aryl methyl sites for hydroxylation is 1. The first-order chi connectivity index (χ1) is 11.4. The molecule has 0 radical (unpaired) electrons. The second-order valence-corrected chi connectivity index (χ2v) is 7.84. The quantitative estimate of drug-likeness (QED) is 0.798. The summed E-state index contributed by atoms with van der Waals surface area (Å²) in [6.45, 7) is 1.88. The van der Waals surface area contributed by atoms with Crippen molar-refractivity contribution in [2.24, 2.45) is 0 Å². The van der Waals surface area contributed by atoms with Gasteiger partial charge in [0.25, 0.3) is 0 Å². The van der Waals surface area contributed by atoms with Gasteiger partial charge in [0, 0.05) is 0 Å². The van der Waals surface area contributed by atoms with Gasteiger partial charge >= 0.3 is 0 Å². The monoisotopic (exact) mass is 347 g/mol. The molecule has 0 bridgehead atoms. The molecule has 1 fully saturated rings. The van der Waals surface area contributed by atoms with Crippen LogP contribution >= 0.6 is 0 Å². The Balaban J connectivity index is 2.04. The number of halogens is 1. The van der Waals surface area contributed by atoms with Crippen molar-refractivity contribution in [2.75, 3.05) is 0 Å². The van der Waals surface area contributed by atoms with Crippen molar-refractivity contribution >= 4 is 16.3 Å². The van der Waals surface area contributed by atoms with Gasteiger partial charge in [-0.25, -0.2) is 12.8 Å². The highest BCUT2D eigenvalue weighted by Gasteiger charge is 2.42. The molecule has 0 saturated carbocycles. The molecular formula is C18H18FNO3S. The summed E-state index contributed by atoms with van der Waals surface area (Å²) >= 11 is 0. The molecule has 24 heavy (non-hydrogen) atoms. The molecule has 0 aliphatic carbocycles. The topological polar surface area (TPSA) is 54.5 Å². The van der Waals surface area contributed by atoms with Crippen molar-refractivity contribution in [3.05, 3.63) is 65.5 Å². The molecule has 1 aliphatic heterocycles. The average molecular weight is 347 g/mol. The summed E-state index contributed by atoms with van der Waals surface area (Å²) in [5.74, 6) is -0.378. The van der Waals surface area contributed by atoms with Gasteiger partial charge in [0.1, 0.15) is 12.1 Å². The van der Waals surface area contributed by atoms with Crippen molar-refractivity contribution in [1.29, 1.82) is 0 Å². The largest absolute Gasteiger partial charge is 0.302 e. The molecule has 6 heteroatoms. The van der Waals surface area contributed by atoms with Crippen LogP contribution in [0.4, 0.5) is 4.39 Å². The maximum absolute atomic E-state index is 13.2. The van der Waals surface area contributed by atoms with Crippen LogP contribution in [-0.2, 0) is 14.8 Å². The fraction of sp³-hybridized carbons (Fsp3) is 0.278. The Morgan fingerprint density at radius 2 is 1.67 bits per heavy atom. The van der Waals surface area contributed by atoms with Gasteiger partial charge in [0.2, 0.25) is 10.0 Å². The molecule has 126 valence electrons. The van der Waals surface area contributed by atoms with E-state index in [-0.39, 0.29) is 10.7 Å². The molecule has 2 atom stereocenters. The van der Waals surface area contributed by atoms with Crippen molar-refractivity contribution in [1.82, 2.24) is 4.31 Å². The van der Waals surface area contributed by atoms with E-state index in [2.05, 4.69) is 0 Å². The van der Waals surface area contributed by atoms with Gasteiger partial charge in [-0.2, -0.15) is 4.31 Å². The first-order valence-corrected chi connectivity index (χ1v) is 9.18. The summed E-state index contributed by atoms with van der Waals surface area (Å²) in [6.07, 6.45) is 1.66. The lowest BCUT2D eigenvalue weighted by Crippen LogP contribution is -2.38. The first kappa shape index (κ1) is 16.8. The zero-order valence-corrected chi connectivity index (χ0v) is 14.0. The minimum atomic E-state index is -3.82. The molecule has 2 aromatic carbocycles. The molecule has 1 heterocycles. The number of hydrogen-bond donors (Lipinski definition) is 0. The molecule has 2 unspecified atom stereocenters. The lowest BCUT2D eigenvalue weighted by Gasteiger charge is -2.27. The molecule has 4 nitrogen and oxygen atoms in total. The van der Waals surface area contributed by atoms with Gasteiger partial charge in [-0.15, -0.1) is 0 Å². The van der Waals surface area contributed by atoms with Crippen LogP contribution < -0.4 is 0 Å². The van der Waals surface area contributed by atoms with Crippen molar-refractivity contribution < 1.29 is 17.6 Å². The summed E-state index contributed by atoms with van der Waals surface area (Å²) in [4.78, 5) is 11.6. The van der Waals surface area contributed by atoms with E-state index in [1.807, 2.05) is 6.92 Å². The molecule has 3 rings (SSSR count). The van der Waals surface area contributed by atoms with Gasteiger partial charge in [0.15, 0.2) is 0 Å². The zero-order chi connectivity index (χ0) is 17.3. The number of sulfonamides is 1. The summed E-state index contributed by atoms with van der Waals surface area (Å²) in [5.41, 5.74) is 1.65. The van der Waals surface area contributed by atoms with E-state index < -0.39 is 22.1 Å². The Bertz CT molecular complexity index is 832. The molecule has 0 spiro atoms. The smallest absolute Gasteiger partial charge is 0.244 e. The molecule has 0 N–H and O–H groups in total. The van der Waals surface area contributed by atoms with Gasteiger partial charge in [0.05, 0.1) is 17.0 Å². The van der Waals surface area contributed by atoms with Crippen molar-refractivity contribution in [3.8, 4) is 0 Å². The third-order valence-electron chi connectivity index (χ3n) is 4.38. The van der Waals surface area contributed by atoms with Crippen LogP contribution in [0.15, 0.2) is 53.4 Å². The fourth-order valence-electron chi connectivity index (χ4n) is 3.12. The lowest BCUT2D eigenvalue weighted by atomic mass is 10.1. The number of aldehydes is 1. The molecule has 0 amide bonds. The second-order valence-electron chi connectivity index (χ2n) is 6.00. The highest BCUT2D eigenvalue weighted by Crippen LogP contribution is 2.39. The minimum Gasteiger partial charge on any atom is -0.302 e. The third kappa shape index (κ3) is 2.99. The standard InChI is InChI=1S/C18H18FNO3S/c1-13-2-9-17(10-3-13)24(22,23)20-16(12-21)8-11-18(20)14-4-6-15(19)7-5-14/h2-7,9-10,12,16,18H,8,11H2,1H3. The van der Waals surface area contributed by atoms with Crippen LogP contribution in [0.25, 0.3) is 0 Å². The number of hydrogen-bond acceptors (Lipinski definition) is 3. The number of nitrogens with zero attached hydrogens (tertiary/aromatic N) is 1. The molecule has 2 aromatic rings. The average Bonchev–Trinajstić information content (AvgIpc) is 3.01. The third-order valence-corrected chi connectivity index (χ3v) is 6.33. The van der Waals surface area contributed by atoms with Gasteiger partial charge in [-0.1, -0.05) is 29.8 Å². The summed E-state index contributed by atoms with van der Waals surface area (Å²) in [6, 6.07) is 11.1. The highest BCUT2D eigenvalue weighted by molar-refractivity contribution is 7.89. The van der Waals surface area contributed by atoms with Crippen LogP contribution in [0.3, 0.4) is 0 Å². The second kappa shape index (κ2) is 6.45. The van der Waals surface area contributed by atoms with Crippen LogP contribution in [0.2, 0.25) is 0 Å². The van der Waals surface area contributed by atoms with E-state index in [1.165, 1.54) is 16.4 Å². The van der Waals surface area contributed by atoms with Crippen molar-refractivity contribution in [2.45, 2.75) is 36.7 Å². The maximum Gasteiger partial charge on any atom is 0.244 e. The Labute approximate surface area is 141 Å². The van der Waals surface area contributed by atoms with E-state index in [4.69, 9.17) is 0 Å². The molecular weight excluding hydrogens is 329 g/mol. The van der Waals surface area contributed by atoms with E-state index >= 15 is 0 Å². The van der Waals surface area contributed by atoms with E-state index in [0.29, 0.717) is 24.7 Å². The predicted octanol–water partition coefficient (Wildman–Crippen LogP) is 3.23. The number of benzene rings is 2. The summed E-state index contributed by atoms with van der Waals surface area (Å²) < 4.78 is 40.5. The predicted molar refractivity (Wildman–Crippen MR) is 88.4 cm³/mol. The number of carbonyl (C=O) groups excluding carboxylic acids is 1. The normalized spacial score (nSPS) is 21.8. The van der Waals surface area contributed by atoms with E-state index in [0.717, 1.165) is 5.56 Å². The Morgan fingerprint density at radius 1 is 1.04 bits per heavy atom. The Hall–Kier alpha value is -2.05. The lowest BCUT2D eigenvalue weighted by molar-refractivity contribution is -0.110. The molecule has 0 aromatic heterocycles. The van der Waals surface area contributed by atoms with Crippen LogP contribution in [0, 0.1) is 12.7 Å². The van der Waals surface area contributed by atoms with Crippen molar-refractivity contribution in [3.63, 3.8) is 0 Å². The van der Waals surface area contributed by atoms with Gasteiger partial charge in [-0.3, -0.25) is 0 Å². The number of rotatable bonds is 4. The molecule has 1 saturated heterocycles. The minimum absolute atomic E-state index is 0.161. The van der Waals surface area contributed by atoms with E-state index in [1.54, 1.807) is 36.4 Å². The summed E-state index contributed by atoms with van der Waals surface area (Å²) in [5, 5.41) is 0. The number of carbonyl (C=O) groups is 1. The zero-order valence-electron chi connectivity index (χ0n) is 13.2. The van der Waals surface area contributed by atoms with Crippen LogP contribution in [0.5, 0.6) is 0 Å². The van der Waals surface area contributed by atoms with Crippen LogP contribution in [-0.4, -0.2) is 25.1 Å². The first-order valence-electron chi connectivity index (χ1n) is 7.74. The molecule has 1 aliphatic rings. The maximum atomic E-state index is 13.2. The summed E-state index contributed by atoms with van der Waals surface area (Å²) in [7, 11) is -3.82. The highest BCUT2D eigenvalue weighted by atomic mass is 32.2. The van der Waals surface area contributed by atoms with Gasteiger partial charge < -0.3 is 4.79 Å². The Morgan fingerprint density at radius 3 is 2.25 bits per heavy atom. The van der Waals surface area contributed by atoms with E-state index in [9.17, 15) is 17.6 Å². The Kier molecular flexibility index (Phi) is 4.51. The van der Waals surface area contributed by atoms with Gasteiger partial charge in [-0.05, 0) is 49.6 Å².